The van der Waals surface area contributed by atoms with E-state index in [0.29, 0.717) is 41.0 Å². The summed E-state index contributed by atoms with van der Waals surface area (Å²) in [6.45, 7) is 4.41. The highest BCUT2D eigenvalue weighted by Gasteiger charge is 2.32. The van der Waals surface area contributed by atoms with Gasteiger partial charge in [-0.3, -0.25) is 9.59 Å². The molecule has 0 N–H and O–H groups in total. The number of halogens is 1. The van der Waals surface area contributed by atoms with Crippen LogP contribution in [0.2, 0.25) is 5.02 Å². The standard InChI is InChI=1S/C23H27ClN4O3/c1-16-19(23(30)27-11-2-3-12-27)15-25-22(26-16)20-5-4-13-28(20)21(29)10-14-31-18-8-6-17(24)7-9-18/h6-9,15,20H,2-5,10-14H2,1H3/t20-/m0/s1. The van der Waals surface area contributed by atoms with Crippen molar-refractivity contribution in [3.63, 3.8) is 0 Å². The largest absolute Gasteiger partial charge is 0.493 e. The van der Waals surface area contributed by atoms with Gasteiger partial charge in [0.25, 0.3) is 5.91 Å². The molecule has 1 aromatic heterocycles. The molecular formula is C23H27ClN4O3. The maximum atomic E-state index is 12.8. The van der Waals surface area contributed by atoms with E-state index in [0.717, 1.165) is 38.8 Å². The molecule has 2 amide bonds. The molecule has 8 heteroatoms. The topological polar surface area (TPSA) is 75.6 Å². The summed E-state index contributed by atoms with van der Waals surface area (Å²) in [5.41, 5.74) is 1.23. The van der Waals surface area contributed by atoms with Crippen molar-refractivity contribution in [2.24, 2.45) is 0 Å². The lowest BCUT2D eigenvalue weighted by molar-refractivity contribution is -0.132. The highest BCUT2D eigenvalue weighted by Crippen LogP contribution is 2.31. The number of hydrogen-bond donors (Lipinski definition) is 0. The van der Waals surface area contributed by atoms with Crippen molar-refractivity contribution < 1.29 is 14.3 Å². The van der Waals surface area contributed by atoms with Gasteiger partial charge in [-0.25, -0.2) is 9.97 Å². The summed E-state index contributed by atoms with van der Waals surface area (Å²) in [5.74, 6) is 1.32. The molecule has 1 aromatic carbocycles. The van der Waals surface area contributed by atoms with Crippen LogP contribution in [0, 0.1) is 6.92 Å². The third-order valence-corrected chi connectivity index (χ3v) is 6.14. The second-order valence-electron chi connectivity index (χ2n) is 8.02. The predicted molar refractivity (Wildman–Crippen MR) is 117 cm³/mol. The van der Waals surface area contributed by atoms with Crippen molar-refractivity contribution in [3.8, 4) is 5.75 Å². The van der Waals surface area contributed by atoms with Crippen LogP contribution in [-0.4, -0.2) is 57.8 Å². The normalized spacial score (nSPS) is 18.5. The number of rotatable bonds is 6. The van der Waals surface area contributed by atoms with E-state index >= 15 is 0 Å². The number of nitrogens with zero attached hydrogens (tertiary/aromatic N) is 4. The maximum Gasteiger partial charge on any atom is 0.257 e. The molecule has 2 saturated heterocycles. The van der Waals surface area contributed by atoms with Gasteiger partial charge in [0.2, 0.25) is 5.91 Å². The first-order valence-electron chi connectivity index (χ1n) is 10.8. The van der Waals surface area contributed by atoms with Gasteiger partial charge in [-0.05, 0) is 56.9 Å². The van der Waals surface area contributed by atoms with Gasteiger partial charge in [-0.2, -0.15) is 0 Å². The molecule has 2 fully saturated rings. The highest BCUT2D eigenvalue weighted by molar-refractivity contribution is 6.30. The van der Waals surface area contributed by atoms with E-state index in [1.807, 2.05) is 16.7 Å². The third-order valence-electron chi connectivity index (χ3n) is 5.89. The molecule has 0 aliphatic carbocycles. The second kappa shape index (κ2) is 9.64. The molecule has 31 heavy (non-hydrogen) atoms. The lowest BCUT2D eigenvalue weighted by Crippen LogP contribution is -2.33. The molecule has 0 radical (unpaired) electrons. The van der Waals surface area contributed by atoms with Crippen molar-refractivity contribution >= 4 is 23.4 Å². The van der Waals surface area contributed by atoms with E-state index < -0.39 is 0 Å². The number of carbonyl (C=O) groups excluding carboxylic acids is 2. The van der Waals surface area contributed by atoms with Crippen molar-refractivity contribution in [3.05, 3.63) is 52.6 Å². The zero-order valence-electron chi connectivity index (χ0n) is 17.7. The first-order chi connectivity index (χ1) is 15.0. The monoisotopic (exact) mass is 442 g/mol. The van der Waals surface area contributed by atoms with Crippen LogP contribution in [0.1, 0.15) is 60.0 Å². The summed E-state index contributed by atoms with van der Waals surface area (Å²) in [4.78, 5) is 38.3. The van der Waals surface area contributed by atoms with E-state index in [2.05, 4.69) is 9.97 Å². The fraction of sp³-hybridized carbons (Fsp3) is 0.478. The number of hydrogen-bond acceptors (Lipinski definition) is 5. The van der Waals surface area contributed by atoms with Crippen LogP contribution in [0.3, 0.4) is 0 Å². The fourth-order valence-corrected chi connectivity index (χ4v) is 4.34. The lowest BCUT2D eigenvalue weighted by Gasteiger charge is -2.24. The first-order valence-corrected chi connectivity index (χ1v) is 11.2. The minimum absolute atomic E-state index is 0.000234. The van der Waals surface area contributed by atoms with E-state index in [-0.39, 0.29) is 24.3 Å². The van der Waals surface area contributed by atoms with Crippen LogP contribution in [0.15, 0.2) is 30.5 Å². The van der Waals surface area contributed by atoms with Gasteiger partial charge < -0.3 is 14.5 Å². The molecule has 2 aliphatic heterocycles. The average Bonchev–Trinajstić information content (AvgIpc) is 3.47. The zero-order valence-corrected chi connectivity index (χ0v) is 18.5. The van der Waals surface area contributed by atoms with E-state index in [9.17, 15) is 9.59 Å². The molecule has 4 rings (SSSR count). The third kappa shape index (κ3) is 4.98. The van der Waals surface area contributed by atoms with Crippen LogP contribution in [0.4, 0.5) is 0 Å². The molecule has 0 saturated carbocycles. The van der Waals surface area contributed by atoms with Gasteiger partial charge in [0.1, 0.15) is 5.75 Å². The molecule has 7 nitrogen and oxygen atoms in total. The number of aromatic nitrogens is 2. The SMILES string of the molecule is Cc1nc([C@@H]2CCCN2C(=O)CCOc2ccc(Cl)cc2)ncc1C(=O)N1CCCC1. The lowest BCUT2D eigenvalue weighted by atomic mass is 10.1. The Hall–Kier alpha value is -2.67. The van der Waals surface area contributed by atoms with Gasteiger partial charge >= 0.3 is 0 Å². The summed E-state index contributed by atoms with van der Waals surface area (Å²) in [7, 11) is 0. The van der Waals surface area contributed by atoms with Gasteiger partial charge in [0, 0.05) is 30.9 Å². The van der Waals surface area contributed by atoms with Crippen LogP contribution >= 0.6 is 11.6 Å². The molecule has 164 valence electrons. The number of ether oxygens (including phenoxy) is 1. The number of carbonyl (C=O) groups is 2. The Bertz CT molecular complexity index is 944. The summed E-state index contributed by atoms with van der Waals surface area (Å²) < 4.78 is 5.66. The van der Waals surface area contributed by atoms with Crippen LogP contribution in [-0.2, 0) is 4.79 Å². The van der Waals surface area contributed by atoms with Crippen molar-refractivity contribution in [2.45, 2.75) is 45.1 Å². The first kappa shape index (κ1) is 21.6. The molecule has 2 aromatic rings. The van der Waals surface area contributed by atoms with Gasteiger partial charge in [-0.1, -0.05) is 11.6 Å². The Labute approximate surface area is 187 Å². The molecule has 0 spiro atoms. The smallest absolute Gasteiger partial charge is 0.257 e. The number of benzene rings is 1. The van der Waals surface area contributed by atoms with Crippen molar-refractivity contribution in [1.82, 2.24) is 19.8 Å². The summed E-state index contributed by atoms with van der Waals surface area (Å²) >= 11 is 5.88. The van der Waals surface area contributed by atoms with Crippen LogP contribution in [0.5, 0.6) is 5.75 Å². The van der Waals surface area contributed by atoms with E-state index in [1.165, 1.54) is 0 Å². The van der Waals surface area contributed by atoms with Gasteiger partial charge in [0.15, 0.2) is 5.82 Å². The molecule has 1 atom stereocenters. The van der Waals surface area contributed by atoms with Crippen molar-refractivity contribution in [2.75, 3.05) is 26.2 Å². The number of amides is 2. The van der Waals surface area contributed by atoms with Gasteiger partial charge in [-0.15, -0.1) is 0 Å². The Morgan fingerprint density at radius 2 is 1.87 bits per heavy atom. The van der Waals surface area contributed by atoms with Crippen molar-refractivity contribution in [1.29, 1.82) is 0 Å². The molecule has 0 unspecified atom stereocenters. The number of likely N-dealkylation sites (tertiary alicyclic amines) is 2. The summed E-state index contributed by atoms with van der Waals surface area (Å²) in [6.07, 6.45) is 5.73. The highest BCUT2D eigenvalue weighted by atomic mass is 35.5. The quantitative estimate of drug-likeness (QED) is 0.680. The summed E-state index contributed by atoms with van der Waals surface area (Å²) in [5, 5.41) is 0.645. The fourth-order valence-electron chi connectivity index (χ4n) is 4.21. The average molecular weight is 443 g/mol. The molecule has 0 bridgehead atoms. The number of aryl methyl sites for hydroxylation is 1. The Morgan fingerprint density at radius 1 is 1.13 bits per heavy atom. The predicted octanol–water partition coefficient (Wildman–Crippen LogP) is 3.81. The van der Waals surface area contributed by atoms with E-state index in [1.54, 1.807) is 30.5 Å². The van der Waals surface area contributed by atoms with Gasteiger partial charge in [0.05, 0.1) is 30.3 Å². The summed E-state index contributed by atoms with van der Waals surface area (Å²) in [6, 6.07) is 6.93. The Balaban J connectivity index is 1.38. The molecule has 2 aliphatic rings. The molecule has 3 heterocycles. The second-order valence-corrected chi connectivity index (χ2v) is 8.46. The zero-order chi connectivity index (χ0) is 21.8. The Kier molecular flexibility index (Phi) is 6.70. The molecular weight excluding hydrogens is 416 g/mol. The maximum absolute atomic E-state index is 12.8. The minimum atomic E-state index is -0.155. The van der Waals surface area contributed by atoms with Crippen LogP contribution in [0.25, 0.3) is 0 Å². The van der Waals surface area contributed by atoms with E-state index in [4.69, 9.17) is 16.3 Å². The Morgan fingerprint density at radius 3 is 2.58 bits per heavy atom. The minimum Gasteiger partial charge on any atom is -0.493 e. The van der Waals surface area contributed by atoms with Crippen LogP contribution < -0.4 is 4.74 Å².